The molecule has 4 nitrogen and oxygen atoms in total. The van der Waals surface area contributed by atoms with Crippen molar-refractivity contribution in [1.82, 2.24) is 10.0 Å². The molecular weight excluding hydrogens is 180 g/mol. The van der Waals surface area contributed by atoms with Crippen LogP contribution in [-0.2, 0) is 4.84 Å². The molecule has 0 spiro atoms. The van der Waals surface area contributed by atoms with Crippen LogP contribution in [0.15, 0.2) is 24.5 Å². The first kappa shape index (κ1) is 9.15. The minimum atomic E-state index is -0.297. The van der Waals surface area contributed by atoms with Gasteiger partial charge in [0.15, 0.2) is 0 Å². The fraction of sp³-hybridized carbons (Fsp3) is 0.400. The molecule has 4 heteroatoms. The molecule has 2 heterocycles. The number of carbonyl (C=O) groups is 1. The fourth-order valence-corrected chi connectivity index (χ4v) is 1.44. The number of pyridine rings is 1. The maximum absolute atomic E-state index is 11.5. The van der Waals surface area contributed by atoms with Crippen LogP contribution in [-0.4, -0.2) is 29.1 Å². The Hall–Kier alpha value is -1.42. The summed E-state index contributed by atoms with van der Waals surface area (Å²) in [6.45, 7) is 1.69. The lowest BCUT2D eigenvalue weighted by molar-refractivity contribution is -0.0928. The first-order valence-electron chi connectivity index (χ1n) is 4.73. The van der Waals surface area contributed by atoms with Gasteiger partial charge in [0.1, 0.15) is 0 Å². The molecule has 0 atom stereocenters. The molecule has 14 heavy (non-hydrogen) atoms. The Morgan fingerprint density at radius 3 is 2.57 bits per heavy atom. The van der Waals surface area contributed by atoms with E-state index in [1.807, 2.05) is 0 Å². The van der Waals surface area contributed by atoms with Gasteiger partial charge in [-0.3, -0.25) is 4.98 Å². The maximum Gasteiger partial charge on any atom is 0.357 e. The molecule has 1 aromatic rings. The zero-order valence-electron chi connectivity index (χ0n) is 7.85. The number of carbonyl (C=O) groups excluding carboxylic acids is 1. The maximum atomic E-state index is 11.5. The van der Waals surface area contributed by atoms with Crippen LogP contribution < -0.4 is 0 Å². The Morgan fingerprint density at radius 2 is 1.93 bits per heavy atom. The van der Waals surface area contributed by atoms with Gasteiger partial charge >= 0.3 is 5.97 Å². The van der Waals surface area contributed by atoms with E-state index in [0.29, 0.717) is 5.56 Å². The van der Waals surface area contributed by atoms with Crippen LogP contribution in [0, 0.1) is 0 Å². The number of hydrogen-bond donors (Lipinski definition) is 0. The van der Waals surface area contributed by atoms with Crippen LogP contribution in [0.1, 0.15) is 23.2 Å². The van der Waals surface area contributed by atoms with Gasteiger partial charge in [-0.05, 0) is 25.0 Å². The zero-order chi connectivity index (χ0) is 9.80. The summed E-state index contributed by atoms with van der Waals surface area (Å²) in [5.74, 6) is -0.297. The van der Waals surface area contributed by atoms with Crippen molar-refractivity contribution in [3.8, 4) is 0 Å². The van der Waals surface area contributed by atoms with Gasteiger partial charge in [0, 0.05) is 25.5 Å². The van der Waals surface area contributed by atoms with Crippen molar-refractivity contribution in [3.63, 3.8) is 0 Å². The Morgan fingerprint density at radius 1 is 1.29 bits per heavy atom. The van der Waals surface area contributed by atoms with E-state index in [1.165, 1.54) is 0 Å². The lowest BCUT2D eigenvalue weighted by atomic mass is 10.3. The highest BCUT2D eigenvalue weighted by atomic mass is 16.7. The number of nitrogens with zero attached hydrogens (tertiary/aromatic N) is 2. The molecule has 0 N–H and O–H groups in total. The van der Waals surface area contributed by atoms with Gasteiger partial charge in [-0.15, -0.1) is 5.06 Å². The quantitative estimate of drug-likeness (QED) is 0.707. The number of hydroxylamine groups is 2. The first-order valence-corrected chi connectivity index (χ1v) is 4.73. The first-order chi connectivity index (χ1) is 6.86. The molecule has 0 aliphatic carbocycles. The van der Waals surface area contributed by atoms with Gasteiger partial charge in [0.2, 0.25) is 0 Å². The summed E-state index contributed by atoms with van der Waals surface area (Å²) in [6, 6.07) is 3.30. The van der Waals surface area contributed by atoms with Gasteiger partial charge in [-0.25, -0.2) is 4.79 Å². The van der Waals surface area contributed by atoms with E-state index in [-0.39, 0.29) is 5.97 Å². The normalized spacial score (nSPS) is 16.9. The molecule has 0 radical (unpaired) electrons. The largest absolute Gasteiger partial charge is 0.364 e. The smallest absolute Gasteiger partial charge is 0.357 e. The topological polar surface area (TPSA) is 42.4 Å². The lowest BCUT2D eigenvalue weighted by Crippen LogP contribution is -2.24. The van der Waals surface area contributed by atoms with Crippen molar-refractivity contribution >= 4 is 5.97 Å². The Kier molecular flexibility index (Phi) is 2.74. The third-order valence-electron chi connectivity index (χ3n) is 2.19. The van der Waals surface area contributed by atoms with E-state index in [1.54, 1.807) is 29.6 Å². The SMILES string of the molecule is O=C(ON1CCCC1)c1ccncc1. The minimum Gasteiger partial charge on any atom is -0.364 e. The van der Waals surface area contributed by atoms with E-state index in [0.717, 1.165) is 25.9 Å². The van der Waals surface area contributed by atoms with Gasteiger partial charge in [-0.2, -0.15) is 0 Å². The van der Waals surface area contributed by atoms with Gasteiger partial charge < -0.3 is 4.84 Å². The standard InChI is InChI=1S/C10H12N2O2/c13-10(9-3-5-11-6-4-9)14-12-7-1-2-8-12/h3-6H,1-2,7-8H2. The molecule has 1 fully saturated rings. The predicted molar refractivity (Wildman–Crippen MR) is 50.5 cm³/mol. The summed E-state index contributed by atoms with van der Waals surface area (Å²) >= 11 is 0. The summed E-state index contributed by atoms with van der Waals surface area (Å²) in [4.78, 5) is 20.5. The molecular formula is C10H12N2O2. The van der Waals surface area contributed by atoms with Crippen molar-refractivity contribution in [3.05, 3.63) is 30.1 Å². The summed E-state index contributed by atoms with van der Waals surface area (Å²) < 4.78 is 0. The Labute approximate surface area is 82.5 Å². The molecule has 0 aromatic carbocycles. The second kappa shape index (κ2) is 4.19. The van der Waals surface area contributed by atoms with Crippen LogP contribution in [0.2, 0.25) is 0 Å². The van der Waals surface area contributed by atoms with Crippen molar-refractivity contribution in [2.24, 2.45) is 0 Å². The van der Waals surface area contributed by atoms with E-state index in [2.05, 4.69) is 4.98 Å². The molecule has 0 unspecified atom stereocenters. The Bertz CT molecular complexity index is 307. The molecule has 1 aromatic heterocycles. The molecule has 0 bridgehead atoms. The average Bonchev–Trinajstić information content (AvgIpc) is 2.72. The van der Waals surface area contributed by atoms with E-state index in [4.69, 9.17) is 4.84 Å². The second-order valence-electron chi connectivity index (χ2n) is 3.25. The third-order valence-corrected chi connectivity index (χ3v) is 2.19. The monoisotopic (exact) mass is 192 g/mol. The second-order valence-corrected chi connectivity index (χ2v) is 3.25. The van der Waals surface area contributed by atoms with Crippen molar-refractivity contribution in [1.29, 1.82) is 0 Å². The molecule has 1 aliphatic rings. The summed E-state index contributed by atoms with van der Waals surface area (Å²) in [5.41, 5.74) is 0.548. The fourth-order valence-electron chi connectivity index (χ4n) is 1.44. The van der Waals surface area contributed by atoms with Crippen LogP contribution in [0.5, 0.6) is 0 Å². The highest BCUT2D eigenvalue weighted by Crippen LogP contribution is 2.10. The number of aromatic nitrogens is 1. The van der Waals surface area contributed by atoms with Crippen LogP contribution in [0.25, 0.3) is 0 Å². The van der Waals surface area contributed by atoms with Gasteiger partial charge in [0.25, 0.3) is 0 Å². The summed E-state index contributed by atoms with van der Waals surface area (Å²) in [5, 5.41) is 1.71. The van der Waals surface area contributed by atoms with Crippen molar-refractivity contribution < 1.29 is 9.63 Å². The van der Waals surface area contributed by atoms with E-state index < -0.39 is 0 Å². The number of rotatable bonds is 2. The van der Waals surface area contributed by atoms with E-state index >= 15 is 0 Å². The van der Waals surface area contributed by atoms with Crippen LogP contribution >= 0.6 is 0 Å². The third kappa shape index (κ3) is 2.09. The minimum absolute atomic E-state index is 0.297. The molecule has 0 amide bonds. The Balaban J connectivity index is 1.95. The van der Waals surface area contributed by atoms with Crippen LogP contribution in [0.3, 0.4) is 0 Å². The molecule has 1 aliphatic heterocycles. The van der Waals surface area contributed by atoms with Crippen molar-refractivity contribution in [2.75, 3.05) is 13.1 Å². The lowest BCUT2D eigenvalue weighted by Gasteiger charge is -2.13. The summed E-state index contributed by atoms with van der Waals surface area (Å²) in [6.07, 6.45) is 5.37. The van der Waals surface area contributed by atoms with Crippen LogP contribution in [0.4, 0.5) is 0 Å². The van der Waals surface area contributed by atoms with Gasteiger partial charge in [0.05, 0.1) is 5.56 Å². The number of hydrogen-bond acceptors (Lipinski definition) is 4. The highest BCUT2D eigenvalue weighted by molar-refractivity contribution is 5.88. The van der Waals surface area contributed by atoms with Crippen molar-refractivity contribution in [2.45, 2.75) is 12.8 Å². The summed E-state index contributed by atoms with van der Waals surface area (Å²) in [7, 11) is 0. The molecule has 2 rings (SSSR count). The van der Waals surface area contributed by atoms with Gasteiger partial charge in [-0.1, -0.05) is 0 Å². The zero-order valence-corrected chi connectivity index (χ0v) is 7.85. The molecule has 1 saturated heterocycles. The van der Waals surface area contributed by atoms with E-state index in [9.17, 15) is 4.79 Å². The average molecular weight is 192 g/mol. The predicted octanol–water partition coefficient (Wildman–Crippen LogP) is 1.25. The highest BCUT2D eigenvalue weighted by Gasteiger charge is 2.17. The molecule has 74 valence electrons. The molecule has 0 saturated carbocycles.